The molecule has 0 aromatic heterocycles. The van der Waals surface area contributed by atoms with Crippen LogP contribution in [0.15, 0.2) is 18.2 Å². The lowest BCUT2D eigenvalue weighted by molar-refractivity contribution is 0.105. The minimum Gasteiger partial charge on any atom is -0.489 e. The van der Waals surface area contributed by atoms with Crippen molar-refractivity contribution in [3.63, 3.8) is 0 Å². The molecule has 0 amide bonds. The molecule has 0 heterocycles. The number of halogens is 1. The van der Waals surface area contributed by atoms with E-state index in [1.165, 1.54) is 0 Å². The van der Waals surface area contributed by atoms with E-state index < -0.39 is 6.10 Å². The number of aliphatic hydroxyl groups is 1. The lowest BCUT2D eigenvalue weighted by Gasteiger charge is -2.15. The van der Waals surface area contributed by atoms with Crippen molar-refractivity contribution in [1.82, 2.24) is 5.32 Å². The molecule has 108 valence electrons. The topological polar surface area (TPSA) is 67.5 Å². The molecule has 4 N–H and O–H groups in total. The largest absolute Gasteiger partial charge is 0.489 e. The fraction of sp³-hybridized carbons (Fsp3) is 0.571. The summed E-state index contributed by atoms with van der Waals surface area (Å²) in [5, 5.41) is 13.4. The average Bonchev–Trinajstić information content (AvgIpc) is 2.35. The van der Waals surface area contributed by atoms with Crippen LogP contribution in [0.3, 0.4) is 0 Å². The molecule has 0 saturated heterocycles. The summed E-state index contributed by atoms with van der Waals surface area (Å²) >= 11 is 6.11. The van der Waals surface area contributed by atoms with Crippen molar-refractivity contribution in [2.24, 2.45) is 5.73 Å². The van der Waals surface area contributed by atoms with Gasteiger partial charge in [0, 0.05) is 12.6 Å². The molecule has 5 heteroatoms. The highest BCUT2D eigenvalue weighted by molar-refractivity contribution is 6.32. The minimum atomic E-state index is -0.554. The first-order valence-electron chi connectivity index (χ1n) is 6.55. The molecular formula is C14H23ClN2O2. The van der Waals surface area contributed by atoms with E-state index in [9.17, 15) is 5.11 Å². The Morgan fingerprint density at radius 2 is 2.16 bits per heavy atom. The molecule has 0 fully saturated rings. The van der Waals surface area contributed by atoms with Gasteiger partial charge in [0.15, 0.2) is 0 Å². The van der Waals surface area contributed by atoms with Gasteiger partial charge in [-0.25, -0.2) is 0 Å². The number of nitrogens with two attached hydrogens (primary N) is 1. The van der Waals surface area contributed by atoms with Gasteiger partial charge >= 0.3 is 0 Å². The quantitative estimate of drug-likeness (QED) is 0.679. The molecule has 4 nitrogen and oxygen atoms in total. The zero-order valence-corrected chi connectivity index (χ0v) is 12.3. The molecule has 1 atom stereocenters. The lowest BCUT2D eigenvalue weighted by atomic mass is 10.1. The van der Waals surface area contributed by atoms with Crippen molar-refractivity contribution in [1.29, 1.82) is 0 Å². The van der Waals surface area contributed by atoms with E-state index in [-0.39, 0.29) is 6.61 Å². The monoisotopic (exact) mass is 286 g/mol. The fourth-order valence-electron chi connectivity index (χ4n) is 1.60. The first kappa shape index (κ1) is 16.2. The Bertz CT molecular complexity index is 386. The molecule has 0 aliphatic rings. The summed E-state index contributed by atoms with van der Waals surface area (Å²) in [5.74, 6) is 0.589. The van der Waals surface area contributed by atoms with Gasteiger partial charge in [-0.2, -0.15) is 0 Å². The summed E-state index contributed by atoms with van der Waals surface area (Å²) < 4.78 is 5.51. The standard InChI is InChI=1S/C14H23ClN2O2/c1-10(2)17-8-12(18)9-19-14-4-3-11(5-6-16)7-13(14)15/h3-4,7,10,12,17-18H,5-6,8-9,16H2,1-2H3. The van der Waals surface area contributed by atoms with Gasteiger partial charge in [0.25, 0.3) is 0 Å². The van der Waals surface area contributed by atoms with Gasteiger partial charge in [-0.05, 0) is 30.7 Å². The van der Waals surface area contributed by atoms with Crippen molar-refractivity contribution >= 4 is 11.6 Å². The summed E-state index contributed by atoms with van der Waals surface area (Å²) in [6.45, 7) is 5.37. The molecule has 19 heavy (non-hydrogen) atoms. The molecule has 0 radical (unpaired) electrons. The highest BCUT2D eigenvalue weighted by Crippen LogP contribution is 2.25. The number of rotatable bonds is 8. The third-order valence-electron chi connectivity index (χ3n) is 2.62. The predicted octanol–water partition coefficient (Wildman–Crippen LogP) is 1.58. The molecule has 1 aromatic carbocycles. The average molecular weight is 287 g/mol. The Kier molecular flexibility index (Phi) is 7.16. The van der Waals surface area contributed by atoms with Crippen molar-refractivity contribution in [3.8, 4) is 5.75 Å². The third kappa shape index (κ3) is 6.25. The van der Waals surface area contributed by atoms with Crippen LogP contribution in [0.4, 0.5) is 0 Å². The zero-order valence-electron chi connectivity index (χ0n) is 11.5. The fourth-order valence-corrected chi connectivity index (χ4v) is 1.86. The van der Waals surface area contributed by atoms with Gasteiger partial charge in [-0.3, -0.25) is 0 Å². The highest BCUT2D eigenvalue weighted by atomic mass is 35.5. The number of hydrogen-bond acceptors (Lipinski definition) is 4. The lowest BCUT2D eigenvalue weighted by Crippen LogP contribution is -2.35. The van der Waals surface area contributed by atoms with Crippen LogP contribution in [-0.2, 0) is 6.42 Å². The summed E-state index contributed by atoms with van der Waals surface area (Å²) in [7, 11) is 0. The maximum atomic E-state index is 9.74. The summed E-state index contributed by atoms with van der Waals surface area (Å²) in [5.41, 5.74) is 6.58. The molecule has 1 unspecified atom stereocenters. The normalized spacial score (nSPS) is 12.7. The Hall–Kier alpha value is -0.810. The molecule has 0 aliphatic heterocycles. The smallest absolute Gasteiger partial charge is 0.138 e. The minimum absolute atomic E-state index is 0.218. The van der Waals surface area contributed by atoms with Crippen LogP contribution in [-0.4, -0.2) is 36.9 Å². The number of aliphatic hydroxyl groups excluding tert-OH is 1. The summed E-state index contributed by atoms with van der Waals surface area (Å²) in [6, 6.07) is 5.94. The van der Waals surface area contributed by atoms with Crippen molar-refractivity contribution in [2.75, 3.05) is 19.7 Å². The number of hydrogen-bond donors (Lipinski definition) is 3. The Labute approximate surface area is 119 Å². The predicted molar refractivity (Wildman–Crippen MR) is 78.9 cm³/mol. The molecule has 1 aromatic rings. The molecule has 0 spiro atoms. The Morgan fingerprint density at radius 3 is 2.74 bits per heavy atom. The number of benzene rings is 1. The molecule has 0 saturated carbocycles. The van der Waals surface area contributed by atoms with Crippen LogP contribution in [0.2, 0.25) is 5.02 Å². The van der Waals surface area contributed by atoms with E-state index in [2.05, 4.69) is 5.32 Å². The van der Waals surface area contributed by atoms with E-state index in [1.54, 1.807) is 0 Å². The van der Waals surface area contributed by atoms with Crippen molar-refractivity contribution < 1.29 is 9.84 Å². The highest BCUT2D eigenvalue weighted by Gasteiger charge is 2.08. The second-order valence-electron chi connectivity index (χ2n) is 4.83. The Balaban J connectivity index is 2.44. The maximum absolute atomic E-state index is 9.74. The van der Waals surface area contributed by atoms with Crippen LogP contribution in [0.1, 0.15) is 19.4 Å². The molecule has 0 aliphatic carbocycles. The molecule has 0 bridgehead atoms. The Morgan fingerprint density at radius 1 is 1.42 bits per heavy atom. The van der Waals surface area contributed by atoms with Crippen molar-refractivity contribution in [3.05, 3.63) is 28.8 Å². The molecule has 1 rings (SSSR count). The summed E-state index contributed by atoms with van der Waals surface area (Å²) in [6.07, 6.45) is 0.239. The van der Waals surface area contributed by atoms with E-state index in [0.717, 1.165) is 12.0 Å². The van der Waals surface area contributed by atoms with Crippen LogP contribution in [0.5, 0.6) is 5.75 Å². The van der Waals surface area contributed by atoms with Gasteiger partial charge in [0.2, 0.25) is 0 Å². The SMILES string of the molecule is CC(C)NCC(O)COc1ccc(CCN)cc1Cl. The second-order valence-corrected chi connectivity index (χ2v) is 5.24. The van der Waals surface area contributed by atoms with Gasteiger partial charge in [0.05, 0.1) is 5.02 Å². The maximum Gasteiger partial charge on any atom is 0.138 e. The zero-order chi connectivity index (χ0) is 14.3. The molecular weight excluding hydrogens is 264 g/mol. The van der Waals surface area contributed by atoms with Crippen LogP contribution in [0.25, 0.3) is 0 Å². The van der Waals surface area contributed by atoms with Crippen LogP contribution >= 0.6 is 11.6 Å². The summed E-state index contributed by atoms with van der Waals surface area (Å²) in [4.78, 5) is 0. The van der Waals surface area contributed by atoms with E-state index in [1.807, 2.05) is 32.0 Å². The first-order chi connectivity index (χ1) is 9.02. The van der Waals surface area contributed by atoms with Crippen molar-refractivity contribution in [2.45, 2.75) is 32.4 Å². The van der Waals surface area contributed by atoms with Gasteiger partial charge in [0.1, 0.15) is 18.5 Å². The van der Waals surface area contributed by atoms with Crippen LogP contribution < -0.4 is 15.8 Å². The van der Waals surface area contributed by atoms with Gasteiger partial charge < -0.3 is 20.9 Å². The van der Waals surface area contributed by atoms with E-state index in [0.29, 0.717) is 29.9 Å². The van der Waals surface area contributed by atoms with E-state index >= 15 is 0 Å². The van der Waals surface area contributed by atoms with E-state index in [4.69, 9.17) is 22.1 Å². The van der Waals surface area contributed by atoms with Crippen LogP contribution in [0, 0.1) is 0 Å². The van der Waals surface area contributed by atoms with Gasteiger partial charge in [-0.15, -0.1) is 0 Å². The number of nitrogens with one attached hydrogen (secondary N) is 1. The first-order valence-corrected chi connectivity index (χ1v) is 6.93. The second kappa shape index (κ2) is 8.38. The third-order valence-corrected chi connectivity index (χ3v) is 2.92. The van der Waals surface area contributed by atoms with Gasteiger partial charge in [-0.1, -0.05) is 31.5 Å². The number of ether oxygens (including phenoxy) is 1.